The third-order valence-corrected chi connectivity index (χ3v) is 3.19. The zero-order valence-corrected chi connectivity index (χ0v) is 12.4. The molecule has 7 heteroatoms. The first-order valence-corrected chi connectivity index (χ1v) is 6.74. The quantitative estimate of drug-likeness (QED) is 0.882. The van der Waals surface area contributed by atoms with E-state index in [4.69, 9.17) is 11.0 Å². The number of aromatic nitrogens is 1. The summed E-state index contributed by atoms with van der Waals surface area (Å²) in [6.07, 6.45) is 1.40. The molecule has 1 heterocycles. The molecule has 0 atom stereocenters. The number of hydrogen-bond acceptors (Lipinski definition) is 4. The number of pyridine rings is 1. The van der Waals surface area contributed by atoms with Crippen molar-refractivity contribution in [1.82, 2.24) is 4.57 Å². The Kier molecular flexibility index (Phi) is 4.40. The minimum absolute atomic E-state index is 0.179. The van der Waals surface area contributed by atoms with Gasteiger partial charge in [-0.25, -0.2) is 0 Å². The maximum Gasteiger partial charge on any atom is 0.251 e. The molecule has 2 aromatic rings. The summed E-state index contributed by atoms with van der Waals surface area (Å²) >= 11 is 3.27. The van der Waals surface area contributed by atoms with Crippen LogP contribution in [-0.2, 0) is 11.3 Å². The second kappa shape index (κ2) is 6.24. The molecule has 0 bridgehead atoms. The summed E-state index contributed by atoms with van der Waals surface area (Å²) in [7, 11) is 0. The highest BCUT2D eigenvalue weighted by atomic mass is 79.9. The molecule has 0 radical (unpaired) electrons. The van der Waals surface area contributed by atoms with Crippen LogP contribution in [0.1, 0.15) is 5.56 Å². The number of nitriles is 1. The molecule has 106 valence electrons. The Labute approximate surface area is 128 Å². The summed E-state index contributed by atoms with van der Waals surface area (Å²) in [6, 6.07) is 9.67. The molecule has 0 aliphatic heterocycles. The van der Waals surface area contributed by atoms with E-state index in [1.54, 1.807) is 18.2 Å². The number of halogens is 1. The summed E-state index contributed by atoms with van der Waals surface area (Å²) in [5.41, 5.74) is 6.37. The number of carbonyl (C=O) groups excluding carboxylic acids is 1. The number of nitrogens with two attached hydrogens (primary N) is 1. The lowest BCUT2D eigenvalue weighted by Gasteiger charge is -2.09. The first-order chi connectivity index (χ1) is 9.99. The summed E-state index contributed by atoms with van der Waals surface area (Å²) < 4.78 is 1.94. The number of rotatable bonds is 3. The molecule has 6 nitrogen and oxygen atoms in total. The monoisotopic (exact) mass is 346 g/mol. The van der Waals surface area contributed by atoms with Gasteiger partial charge < -0.3 is 15.6 Å². The zero-order chi connectivity index (χ0) is 15.4. The Hall–Kier alpha value is -2.59. The van der Waals surface area contributed by atoms with Crippen LogP contribution in [0.2, 0.25) is 0 Å². The largest absolute Gasteiger partial charge is 0.398 e. The van der Waals surface area contributed by atoms with E-state index >= 15 is 0 Å². The van der Waals surface area contributed by atoms with Crippen LogP contribution >= 0.6 is 15.9 Å². The van der Waals surface area contributed by atoms with Gasteiger partial charge in [0.05, 0.1) is 11.3 Å². The molecule has 1 aromatic heterocycles. The van der Waals surface area contributed by atoms with E-state index in [1.807, 2.05) is 6.07 Å². The van der Waals surface area contributed by atoms with Crippen LogP contribution < -0.4 is 16.6 Å². The third kappa shape index (κ3) is 3.70. The molecule has 1 aromatic carbocycles. The normalized spacial score (nSPS) is 9.90. The van der Waals surface area contributed by atoms with Crippen LogP contribution in [0.3, 0.4) is 0 Å². The molecule has 1 amide bonds. The van der Waals surface area contributed by atoms with Gasteiger partial charge in [0.25, 0.3) is 5.56 Å². The standard InChI is InChI=1S/C14H11BrN4O2/c15-10-2-1-9(6-16)12(5-10)18-13(20)8-19-7-11(17)3-4-14(19)21/h1-5,7H,8,17H2,(H,18,20). The maximum absolute atomic E-state index is 12.0. The Bertz CT molecular complexity index is 792. The molecule has 0 aliphatic carbocycles. The predicted molar refractivity (Wildman–Crippen MR) is 82.6 cm³/mol. The van der Waals surface area contributed by atoms with Crippen molar-refractivity contribution in [2.75, 3.05) is 11.1 Å². The van der Waals surface area contributed by atoms with Crippen LogP contribution in [0.15, 0.2) is 45.8 Å². The Morgan fingerprint density at radius 1 is 1.38 bits per heavy atom. The zero-order valence-electron chi connectivity index (χ0n) is 10.8. The van der Waals surface area contributed by atoms with Gasteiger partial charge in [-0.05, 0) is 24.3 Å². The van der Waals surface area contributed by atoms with Gasteiger partial charge in [-0.3, -0.25) is 9.59 Å². The fraction of sp³-hybridized carbons (Fsp3) is 0.0714. The van der Waals surface area contributed by atoms with Crippen molar-refractivity contribution >= 4 is 33.2 Å². The van der Waals surface area contributed by atoms with E-state index in [2.05, 4.69) is 21.2 Å². The first kappa shape index (κ1) is 14.8. The molecule has 0 aliphatic rings. The number of anilines is 2. The minimum Gasteiger partial charge on any atom is -0.398 e. The molecule has 0 saturated heterocycles. The fourth-order valence-electron chi connectivity index (χ4n) is 1.74. The van der Waals surface area contributed by atoms with Gasteiger partial charge in [0.15, 0.2) is 0 Å². The number of benzene rings is 1. The molecule has 3 N–H and O–H groups in total. The van der Waals surface area contributed by atoms with Crippen molar-refractivity contribution < 1.29 is 4.79 Å². The topological polar surface area (TPSA) is 101 Å². The minimum atomic E-state index is -0.419. The van der Waals surface area contributed by atoms with E-state index in [0.29, 0.717) is 16.9 Å². The second-order valence-corrected chi connectivity index (χ2v) is 5.19. The predicted octanol–water partition coefficient (Wildman–Crippen LogP) is 1.70. The van der Waals surface area contributed by atoms with Crippen molar-refractivity contribution in [2.24, 2.45) is 0 Å². The van der Waals surface area contributed by atoms with E-state index in [1.165, 1.54) is 22.9 Å². The Morgan fingerprint density at radius 3 is 2.86 bits per heavy atom. The van der Waals surface area contributed by atoms with Gasteiger partial charge >= 0.3 is 0 Å². The average molecular weight is 347 g/mol. The van der Waals surface area contributed by atoms with Gasteiger partial charge in [0.2, 0.25) is 5.91 Å². The molecule has 21 heavy (non-hydrogen) atoms. The van der Waals surface area contributed by atoms with Crippen molar-refractivity contribution in [3.8, 4) is 6.07 Å². The van der Waals surface area contributed by atoms with Crippen molar-refractivity contribution in [1.29, 1.82) is 5.26 Å². The van der Waals surface area contributed by atoms with Gasteiger partial charge in [-0.2, -0.15) is 5.26 Å². The number of amides is 1. The van der Waals surface area contributed by atoms with Crippen LogP contribution in [0.5, 0.6) is 0 Å². The van der Waals surface area contributed by atoms with Gasteiger partial charge in [-0.1, -0.05) is 15.9 Å². The molecular weight excluding hydrogens is 336 g/mol. The van der Waals surface area contributed by atoms with E-state index in [9.17, 15) is 9.59 Å². The van der Waals surface area contributed by atoms with Gasteiger partial charge in [-0.15, -0.1) is 0 Å². The highest BCUT2D eigenvalue weighted by molar-refractivity contribution is 9.10. The molecule has 2 rings (SSSR count). The Balaban J connectivity index is 2.19. The first-order valence-electron chi connectivity index (χ1n) is 5.95. The molecule has 0 spiro atoms. The van der Waals surface area contributed by atoms with Crippen LogP contribution in [0.4, 0.5) is 11.4 Å². The van der Waals surface area contributed by atoms with Crippen LogP contribution in [-0.4, -0.2) is 10.5 Å². The van der Waals surface area contributed by atoms with Crippen LogP contribution in [0.25, 0.3) is 0 Å². The van der Waals surface area contributed by atoms with Crippen molar-refractivity contribution in [2.45, 2.75) is 6.54 Å². The molecular formula is C14H11BrN4O2. The summed E-state index contributed by atoms with van der Waals surface area (Å²) in [5, 5.41) is 11.6. The number of nitrogen functional groups attached to an aromatic ring is 1. The maximum atomic E-state index is 12.0. The number of carbonyl (C=O) groups is 1. The number of nitrogens with zero attached hydrogens (tertiary/aromatic N) is 2. The highest BCUT2D eigenvalue weighted by Crippen LogP contribution is 2.20. The van der Waals surface area contributed by atoms with E-state index < -0.39 is 5.91 Å². The van der Waals surface area contributed by atoms with Crippen LogP contribution in [0, 0.1) is 11.3 Å². The highest BCUT2D eigenvalue weighted by Gasteiger charge is 2.09. The fourth-order valence-corrected chi connectivity index (χ4v) is 2.10. The van der Waals surface area contributed by atoms with Crippen molar-refractivity contribution in [3.05, 3.63) is 56.9 Å². The second-order valence-electron chi connectivity index (χ2n) is 4.28. The van der Waals surface area contributed by atoms with Gasteiger partial charge in [0, 0.05) is 22.4 Å². The lowest BCUT2D eigenvalue weighted by molar-refractivity contribution is -0.116. The van der Waals surface area contributed by atoms with Gasteiger partial charge in [0.1, 0.15) is 12.6 Å². The molecule has 0 unspecified atom stereocenters. The third-order valence-electron chi connectivity index (χ3n) is 2.70. The average Bonchev–Trinajstić information content (AvgIpc) is 2.43. The lowest BCUT2D eigenvalue weighted by Crippen LogP contribution is -2.27. The Morgan fingerprint density at radius 2 is 2.14 bits per heavy atom. The molecule has 0 fully saturated rings. The SMILES string of the molecule is N#Cc1ccc(Br)cc1NC(=O)Cn1cc(N)ccc1=O. The number of nitrogens with one attached hydrogen (secondary N) is 1. The summed E-state index contributed by atoms with van der Waals surface area (Å²) in [4.78, 5) is 23.6. The van der Waals surface area contributed by atoms with E-state index in [-0.39, 0.29) is 12.1 Å². The summed E-state index contributed by atoms with van der Waals surface area (Å²) in [6.45, 7) is -0.179. The summed E-state index contributed by atoms with van der Waals surface area (Å²) in [5.74, 6) is -0.419. The number of hydrogen-bond donors (Lipinski definition) is 2. The van der Waals surface area contributed by atoms with E-state index in [0.717, 1.165) is 4.47 Å². The smallest absolute Gasteiger partial charge is 0.251 e. The molecule has 0 saturated carbocycles. The van der Waals surface area contributed by atoms with Crippen molar-refractivity contribution in [3.63, 3.8) is 0 Å². The lowest BCUT2D eigenvalue weighted by atomic mass is 10.2.